The van der Waals surface area contributed by atoms with E-state index in [4.69, 9.17) is 19.6 Å². The second-order valence-corrected chi connectivity index (χ2v) is 5.84. The topological polar surface area (TPSA) is 118 Å². The molecule has 0 bridgehead atoms. The third-order valence-corrected chi connectivity index (χ3v) is 3.97. The molecule has 0 spiro atoms. The van der Waals surface area contributed by atoms with Gasteiger partial charge >= 0.3 is 0 Å². The van der Waals surface area contributed by atoms with Crippen molar-refractivity contribution in [2.45, 2.75) is 0 Å². The molecule has 10 nitrogen and oxygen atoms in total. The quantitative estimate of drug-likeness (QED) is 0.375. The van der Waals surface area contributed by atoms with Crippen LogP contribution in [-0.4, -0.2) is 94.3 Å². The minimum atomic E-state index is -0.105. The van der Waals surface area contributed by atoms with Gasteiger partial charge in [-0.25, -0.2) is 0 Å². The van der Waals surface area contributed by atoms with Crippen LogP contribution in [0.15, 0.2) is 32.8 Å². The Hall–Kier alpha value is -2.59. The molecule has 1 amide bonds. The van der Waals surface area contributed by atoms with Crippen molar-refractivity contribution in [3.05, 3.63) is 24.2 Å². The number of carbonyl (C=O) groups excluding carboxylic acids is 1. The number of furan rings is 1. The first-order valence-electron chi connectivity index (χ1n) is 8.82. The smallest absolute Gasteiger partial charge is 0.289 e. The Kier molecular flexibility index (Phi) is 8.59. The van der Waals surface area contributed by atoms with Crippen LogP contribution in [0.3, 0.4) is 0 Å². The van der Waals surface area contributed by atoms with Crippen molar-refractivity contribution >= 4 is 17.8 Å². The van der Waals surface area contributed by atoms with E-state index in [1.165, 1.54) is 6.26 Å². The van der Waals surface area contributed by atoms with Gasteiger partial charge in [0.05, 0.1) is 32.6 Å². The van der Waals surface area contributed by atoms with E-state index in [2.05, 4.69) is 15.3 Å². The van der Waals surface area contributed by atoms with Crippen LogP contribution in [0.2, 0.25) is 0 Å². The van der Waals surface area contributed by atoms with Gasteiger partial charge in [0.1, 0.15) is 0 Å². The predicted molar refractivity (Wildman–Crippen MR) is 102 cm³/mol. The van der Waals surface area contributed by atoms with Crippen LogP contribution in [0.1, 0.15) is 10.6 Å². The van der Waals surface area contributed by atoms with Crippen molar-refractivity contribution in [1.29, 1.82) is 0 Å². The first-order valence-corrected chi connectivity index (χ1v) is 8.82. The molecule has 1 saturated heterocycles. The zero-order valence-electron chi connectivity index (χ0n) is 15.9. The van der Waals surface area contributed by atoms with E-state index in [9.17, 15) is 4.79 Å². The number of carbonyl (C=O) groups is 1. The number of aliphatic imine (C=N–C) groups is 2. The molecule has 1 aromatic rings. The molecule has 1 fully saturated rings. The molecule has 1 aromatic heterocycles. The van der Waals surface area contributed by atoms with Gasteiger partial charge in [0.15, 0.2) is 11.7 Å². The van der Waals surface area contributed by atoms with Crippen LogP contribution in [-0.2, 0) is 9.47 Å². The van der Waals surface area contributed by atoms with Gasteiger partial charge in [-0.1, -0.05) is 0 Å². The Balaban J connectivity index is 1.94. The van der Waals surface area contributed by atoms with E-state index in [0.29, 0.717) is 64.2 Å². The average Bonchev–Trinajstić information content (AvgIpc) is 3.22. The van der Waals surface area contributed by atoms with E-state index in [1.54, 1.807) is 31.3 Å². The SMILES string of the molecule is COCCN=C(N)NC(=NCCOC)N1CCN(C(=O)c2ccco2)CC1. The van der Waals surface area contributed by atoms with Gasteiger partial charge < -0.3 is 29.4 Å². The summed E-state index contributed by atoms with van der Waals surface area (Å²) < 4.78 is 15.2. The Labute approximate surface area is 159 Å². The van der Waals surface area contributed by atoms with E-state index in [0.717, 1.165) is 0 Å². The Morgan fingerprint density at radius 3 is 2.37 bits per heavy atom. The summed E-state index contributed by atoms with van der Waals surface area (Å²) in [6, 6.07) is 3.38. The molecule has 1 aliphatic rings. The number of ether oxygens (including phenoxy) is 2. The third-order valence-electron chi connectivity index (χ3n) is 3.97. The zero-order chi connectivity index (χ0) is 19.5. The number of methoxy groups -OCH3 is 2. The summed E-state index contributed by atoms with van der Waals surface area (Å²) in [7, 11) is 3.24. The number of piperazine rings is 1. The fourth-order valence-corrected chi connectivity index (χ4v) is 2.55. The molecule has 27 heavy (non-hydrogen) atoms. The molecule has 10 heteroatoms. The first kappa shape index (κ1) is 20.7. The zero-order valence-corrected chi connectivity index (χ0v) is 15.9. The van der Waals surface area contributed by atoms with Crippen LogP contribution in [0.5, 0.6) is 0 Å². The summed E-state index contributed by atoms with van der Waals surface area (Å²) >= 11 is 0. The molecule has 0 radical (unpaired) electrons. The number of amides is 1. The van der Waals surface area contributed by atoms with Gasteiger partial charge in [-0.05, 0) is 12.1 Å². The summed E-state index contributed by atoms with van der Waals surface area (Å²) in [6.45, 7) is 4.32. The highest BCUT2D eigenvalue weighted by molar-refractivity contribution is 5.98. The maximum absolute atomic E-state index is 12.4. The van der Waals surface area contributed by atoms with Crippen LogP contribution in [0.25, 0.3) is 0 Å². The van der Waals surface area contributed by atoms with Crippen molar-refractivity contribution in [3.63, 3.8) is 0 Å². The molecule has 0 aliphatic carbocycles. The van der Waals surface area contributed by atoms with E-state index < -0.39 is 0 Å². The molecule has 3 N–H and O–H groups in total. The van der Waals surface area contributed by atoms with Crippen LogP contribution < -0.4 is 11.1 Å². The monoisotopic (exact) mass is 380 g/mol. The Bertz CT molecular complexity index is 623. The number of guanidine groups is 2. The Morgan fingerprint density at radius 1 is 1.15 bits per heavy atom. The van der Waals surface area contributed by atoms with Gasteiger partial charge in [0.25, 0.3) is 5.91 Å². The number of nitrogens with zero attached hydrogens (tertiary/aromatic N) is 4. The number of nitrogens with two attached hydrogens (primary N) is 1. The van der Waals surface area contributed by atoms with Gasteiger partial charge in [-0.2, -0.15) is 0 Å². The number of nitrogens with one attached hydrogen (secondary N) is 1. The summed E-state index contributed by atoms with van der Waals surface area (Å²) in [5, 5.41) is 3.05. The highest BCUT2D eigenvalue weighted by atomic mass is 16.5. The lowest BCUT2D eigenvalue weighted by atomic mass is 10.3. The third kappa shape index (κ3) is 6.57. The molecule has 0 saturated carbocycles. The van der Waals surface area contributed by atoms with Crippen molar-refractivity contribution < 1.29 is 18.7 Å². The molecule has 150 valence electrons. The van der Waals surface area contributed by atoms with Crippen LogP contribution in [0.4, 0.5) is 0 Å². The molecule has 2 rings (SSSR count). The standard InChI is InChI=1S/C17H28N6O4/c1-25-12-5-19-16(18)21-17(20-6-13-26-2)23-9-7-22(8-10-23)15(24)14-4-3-11-27-14/h3-4,11H,5-10,12-13H2,1-2H3,(H3,18,19,20,21). The van der Waals surface area contributed by atoms with Crippen molar-refractivity contribution in [2.24, 2.45) is 15.7 Å². The summed E-state index contributed by atoms with van der Waals surface area (Å²) in [5.74, 6) is 1.14. The minimum Gasteiger partial charge on any atom is -0.459 e. The lowest BCUT2D eigenvalue weighted by molar-refractivity contribution is 0.0658. The maximum Gasteiger partial charge on any atom is 0.289 e. The molecule has 0 unspecified atom stereocenters. The largest absolute Gasteiger partial charge is 0.459 e. The fourth-order valence-electron chi connectivity index (χ4n) is 2.55. The molecular formula is C17H28N6O4. The van der Waals surface area contributed by atoms with Crippen molar-refractivity contribution in [1.82, 2.24) is 15.1 Å². The van der Waals surface area contributed by atoms with Crippen molar-refractivity contribution in [3.8, 4) is 0 Å². The summed E-state index contributed by atoms with van der Waals surface area (Å²) in [6.07, 6.45) is 1.50. The summed E-state index contributed by atoms with van der Waals surface area (Å²) in [4.78, 5) is 24.9. The van der Waals surface area contributed by atoms with Gasteiger partial charge in [0.2, 0.25) is 5.96 Å². The molecule has 2 heterocycles. The molecule has 0 atom stereocenters. The van der Waals surface area contributed by atoms with Crippen molar-refractivity contribution in [2.75, 3.05) is 66.7 Å². The van der Waals surface area contributed by atoms with E-state index >= 15 is 0 Å². The Morgan fingerprint density at radius 2 is 1.78 bits per heavy atom. The number of hydrogen-bond donors (Lipinski definition) is 2. The average molecular weight is 380 g/mol. The normalized spacial score (nSPS) is 15.9. The van der Waals surface area contributed by atoms with E-state index in [1.807, 2.05) is 4.90 Å². The number of hydrogen-bond acceptors (Lipinski definition) is 6. The first-order chi connectivity index (χ1) is 13.2. The maximum atomic E-state index is 12.4. The van der Waals surface area contributed by atoms with Crippen LogP contribution in [0, 0.1) is 0 Å². The van der Waals surface area contributed by atoms with Gasteiger partial charge in [-0.3, -0.25) is 20.1 Å². The molecular weight excluding hydrogens is 352 g/mol. The molecule has 0 aromatic carbocycles. The fraction of sp³-hybridized carbons (Fsp3) is 0.588. The molecule has 1 aliphatic heterocycles. The second-order valence-electron chi connectivity index (χ2n) is 5.84. The van der Waals surface area contributed by atoms with E-state index in [-0.39, 0.29) is 11.9 Å². The highest BCUT2D eigenvalue weighted by Gasteiger charge is 2.25. The lowest BCUT2D eigenvalue weighted by Crippen LogP contribution is -2.55. The predicted octanol–water partition coefficient (Wildman–Crippen LogP) is -0.409. The summed E-state index contributed by atoms with van der Waals surface area (Å²) in [5.41, 5.74) is 5.93. The van der Waals surface area contributed by atoms with Gasteiger partial charge in [-0.15, -0.1) is 0 Å². The van der Waals surface area contributed by atoms with Gasteiger partial charge in [0, 0.05) is 40.4 Å². The minimum absolute atomic E-state index is 0.105. The lowest BCUT2D eigenvalue weighted by Gasteiger charge is -2.36. The second kappa shape index (κ2) is 11.2. The number of rotatable bonds is 7. The highest BCUT2D eigenvalue weighted by Crippen LogP contribution is 2.09. The van der Waals surface area contributed by atoms with Crippen LogP contribution >= 0.6 is 0 Å².